The van der Waals surface area contributed by atoms with Crippen molar-refractivity contribution >= 4 is 17.4 Å². The third-order valence-electron chi connectivity index (χ3n) is 6.73. The first kappa shape index (κ1) is 22.0. The number of nitrogens with zero attached hydrogens (tertiary/aromatic N) is 1. The van der Waals surface area contributed by atoms with Crippen molar-refractivity contribution in [3.8, 4) is 6.07 Å². The minimum absolute atomic E-state index is 0.161. The van der Waals surface area contributed by atoms with Crippen LogP contribution in [0.4, 0.5) is 23.2 Å². The summed E-state index contributed by atoms with van der Waals surface area (Å²) in [6, 6.07) is 11.6. The number of nitriles is 1. The highest BCUT2D eigenvalue weighted by atomic mass is 32.2. The molecule has 2 aliphatic rings. The van der Waals surface area contributed by atoms with Crippen molar-refractivity contribution in [3.05, 3.63) is 59.4 Å². The van der Waals surface area contributed by atoms with Gasteiger partial charge in [-0.25, -0.2) is 4.39 Å². The molecule has 0 saturated heterocycles. The molecule has 4 atom stereocenters. The maximum absolute atomic E-state index is 13.3. The first-order valence-corrected chi connectivity index (χ1v) is 11.1. The van der Waals surface area contributed by atoms with Gasteiger partial charge in [-0.15, -0.1) is 11.8 Å². The van der Waals surface area contributed by atoms with E-state index in [-0.39, 0.29) is 22.9 Å². The fourth-order valence-corrected chi connectivity index (χ4v) is 6.24. The molecule has 0 aromatic heterocycles. The normalized spacial score (nSPS) is 26.9. The maximum Gasteiger partial charge on any atom is 0.417 e. The Labute approximate surface area is 182 Å². The van der Waals surface area contributed by atoms with Crippen molar-refractivity contribution in [2.24, 2.45) is 17.8 Å². The minimum Gasteiger partial charge on any atom is -0.385 e. The summed E-state index contributed by atoms with van der Waals surface area (Å²) < 4.78 is 58.9. The summed E-state index contributed by atoms with van der Waals surface area (Å²) in [7, 11) is 1.69. The Balaban J connectivity index is 1.47. The second-order valence-electron chi connectivity index (χ2n) is 8.11. The molecule has 2 aromatic carbocycles. The summed E-state index contributed by atoms with van der Waals surface area (Å²) in [6.45, 7) is 0.488. The van der Waals surface area contributed by atoms with Crippen molar-refractivity contribution in [2.75, 3.05) is 24.7 Å². The summed E-state index contributed by atoms with van der Waals surface area (Å²) in [4.78, 5) is 0.953. The second-order valence-corrected chi connectivity index (χ2v) is 9.16. The Morgan fingerprint density at radius 2 is 1.94 bits per heavy atom. The van der Waals surface area contributed by atoms with Gasteiger partial charge in [0.05, 0.1) is 22.8 Å². The van der Waals surface area contributed by atoms with Gasteiger partial charge in [-0.3, -0.25) is 0 Å². The lowest BCUT2D eigenvalue weighted by atomic mass is 9.44. The lowest BCUT2D eigenvalue weighted by molar-refractivity contribution is -0.238. The fraction of sp³-hybridized carbons (Fsp3) is 0.435. The van der Waals surface area contributed by atoms with Crippen LogP contribution in [0, 0.1) is 34.9 Å². The minimum atomic E-state index is -4.58. The molecule has 164 valence electrons. The number of methoxy groups -OCH3 is 1. The van der Waals surface area contributed by atoms with Gasteiger partial charge in [-0.2, -0.15) is 18.4 Å². The van der Waals surface area contributed by atoms with Crippen LogP contribution in [-0.2, 0) is 10.9 Å². The predicted molar refractivity (Wildman–Crippen MR) is 111 cm³/mol. The zero-order valence-corrected chi connectivity index (χ0v) is 17.7. The third kappa shape index (κ3) is 4.01. The van der Waals surface area contributed by atoms with E-state index in [0.717, 1.165) is 23.8 Å². The Morgan fingerprint density at radius 1 is 1.19 bits per heavy atom. The molecular weight excluding hydrogens is 428 g/mol. The van der Waals surface area contributed by atoms with Gasteiger partial charge in [-0.1, -0.05) is 0 Å². The summed E-state index contributed by atoms with van der Waals surface area (Å²) >= 11 is 1.61. The topological polar surface area (TPSA) is 45.0 Å². The summed E-state index contributed by atoms with van der Waals surface area (Å²) in [6.07, 6.45) is -2.42. The first-order valence-electron chi connectivity index (χ1n) is 10.1. The predicted octanol–water partition coefficient (Wildman–Crippen LogP) is 5.96. The summed E-state index contributed by atoms with van der Waals surface area (Å²) in [5, 5.41) is 12.1. The zero-order valence-electron chi connectivity index (χ0n) is 16.9. The average Bonchev–Trinajstić information content (AvgIpc) is 2.73. The number of fused-ring (bicyclic) bond motifs is 1. The van der Waals surface area contributed by atoms with Gasteiger partial charge >= 0.3 is 6.18 Å². The van der Waals surface area contributed by atoms with E-state index < -0.39 is 11.7 Å². The lowest BCUT2D eigenvalue weighted by Gasteiger charge is -2.66. The molecule has 2 saturated carbocycles. The van der Waals surface area contributed by atoms with E-state index >= 15 is 0 Å². The van der Waals surface area contributed by atoms with E-state index in [9.17, 15) is 17.6 Å². The molecule has 8 heteroatoms. The monoisotopic (exact) mass is 450 g/mol. The van der Waals surface area contributed by atoms with Crippen LogP contribution in [0.1, 0.15) is 24.0 Å². The van der Waals surface area contributed by atoms with Crippen molar-refractivity contribution in [2.45, 2.75) is 29.5 Å². The molecule has 2 aliphatic carbocycles. The van der Waals surface area contributed by atoms with Crippen LogP contribution in [0.5, 0.6) is 0 Å². The largest absolute Gasteiger partial charge is 0.417 e. The number of nitrogens with one attached hydrogen (secondary N) is 1. The number of halogens is 4. The van der Waals surface area contributed by atoms with Crippen molar-refractivity contribution in [1.82, 2.24) is 0 Å². The molecule has 2 aromatic rings. The standard InChI is InChI=1S/C23H22F4N2OS/c1-30-22(13-31-17-6-3-15(24)4-7-17)19-9-8-18(19)21(22)12-29-16-5-2-14(11-28)20(10-16)23(25,26)27/h2-7,10,18-19,21,29H,8-9,12-13H2,1H3. The van der Waals surface area contributed by atoms with Crippen molar-refractivity contribution in [3.63, 3.8) is 0 Å². The van der Waals surface area contributed by atoms with Gasteiger partial charge < -0.3 is 10.1 Å². The van der Waals surface area contributed by atoms with Gasteiger partial charge in [0, 0.05) is 35.9 Å². The second kappa shape index (κ2) is 8.36. The van der Waals surface area contributed by atoms with Crippen LogP contribution in [0.25, 0.3) is 0 Å². The molecule has 2 fully saturated rings. The van der Waals surface area contributed by atoms with Crippen LogP contribution in [0.3, 0.4) is 0 Å². The maximum atomic E-state index is 13.3. The number of rotatable bonds is 7. The molecule has 0 radical (unpaired) electrons. The highest BCUT2D eigenvalue weighted by Gasteiger charge is 2.65. The SMILES string of the molecule is COC1(CSc2ccc(F)cc2)C2CCC2C1CNc1ccc(C#N)c(C(F)(F)F)c1. The molecule has 4 unspecified atom stereocenters. The number of hydrogen-bond acceptors (Lipinski definition) is 4. The van der Waals surface area contributed by atoms with Gasteiger partial charge in [0.25, 0.3) is 0 Å². The molecule has 0 heterocycles. The van der Waals surface area contributed by atoms with E-state index in [1.165, 1.54) is 24.3 Å². The molecule has 31 heavy (non-hydrogen) atoms. The molecule has 0 aliphatic heterocycles. The number of benzene rings is 2. The van der Waals surface area contributed by atoms with Gasteiger partial charge in [-0.05, 0) is 67.1 Å². The number of anilines is 1. The molecule has 0 amide bonds. The Hall–Kier alpha value is -2.24. The number of alkyl halides is 3. The number of ether oxygens (including phenoxy) is 1. The molecule has 0 bridgehead atoms. The Kier molecular flexibility index (Phi) is 5.93. The van der Waals surface area contributed by atoms with Gasteiger partial charge in [0.1, 0.15) is 5.82 Å². The van der Waals surface area contributed by atoms with Gasteiger partial charge in [0.15, 0.2) is 0 Å². The Morgan fingerprint density at radius 3 is 2.52 bits per heavy atom. The number of hydrogen-bond donors (Lipinski definition) is 1. The quantitative estimate of drug-likeness (QED) is 0.418. The van der Waals surface area contributed by atoms with Crippen molar-refractivity contribution < 1.29 is 22.3 Å². The van der Waals surface area contributed by atoms with E-state index in [1.807, 2.05) is 0 Å². The molecule has 4 rings (SSSR count). The first-order chi connectivity index (χ1) is 14.8. The van der Waals surface area contributed by atoms with Crippen LogP contribution in [-0.4, -0.2) is 25.0 Å². The van der Waals surface area contributed by atoms with E-state index in [1.54, 1.807) is 37.1 Å². The lowest BCUT2D eigenvalue weighted by Crippen LogP contribution is -2.70. The van der Waals surface area contributed by atoms with Crippen LogP contribution < -0.4 is 5.32 Å². The van der Waals surface area contributed by atoms with Crippen LogP contribution in [0.15, 0.2) is 47.4 Å². The summed E-state index contributed by atoms with van der Waals surface area (Å²) in [5.41, 5.74) is -1.35. The van der Waals surface area contributed by atoms with Crippen LogP contribution >= 0.6 is 11.8 Å². The fourth-order valence-electron chi connectivity index (χ4n) is 4.97. The van der Waals surface area contributed by atoms with E-state index in [0.29, 0.717) is 29.8 Å². The third-order valence-corrected chi connectivity index (χ3v) is 7.93. The highest BCUT2D eigenvalue weighted by Crippen LogP contribution is 2.63. The smallest absolute Gasteiger partial charge is 0.385 e. The molecule has 3 nitrogen and oxygen atoms in total. The molecule has 1 N–H and O–H groups in total. The highest BCUT2D eigenvalue weighted by molar-refractivity contribution is 7.99. The molecular formula is C23H22F4N2OS. The average molecular weight is 451 g/mol. The number of thioether (sulfide) groups is 1. The Bertz CT molecular complexity index is 989. The van der Waals surface area contributed by atoms with E-state index in [4.69, 9.17) is 10.00 Å². The van der Waals surface area contributed by atoms with Crippen molar-refractivity contribution in [1.29, 1.82) is 5.26 Å². The van der Waals surface area contributed by atoms with Crippen LogP contribution in [0.2, 0.25) is 0 Å². The molecule has 0 spiro atoms. The van der Waals surface area contributed by atoms with E-state index in [2.05, 4.69) is 5.32 Å². The summed E-state index contributed by atoms with van der Waals surface area (Å²) in [5.74, 6) is 1.50. The van der Waals surface area contributed by atoms with Gasteiger partial charge in [0.2, 0.25) is 0 Å². The zero-order chi connectivity index (χ0) is 22.2.